The molecule has 2 aromatic carbocycles. The third-order valence-corrected chi connectivity index (χ3v) is 5.88. The van der Waals surface area contributed by atoms with Crippen LogP contribution in [0.5, 0.6) is 5.75 Å². The van der Waals surface area contributed by atoms with Crippen LogP contribution in [-0.4, -0.2) is 20.2 Å². The number of nitrogens with one attached hydrogen (secondary N) is 1. The maximum absolute atomic E-state index is 6.52. The Kier molecular flexibility index (Phi) is 6.53. The van der Waals surface area contributed by atoms with Gasteiger partial charge in [0.15, 0.2) is 0 Å². The Labute approximate surface area is 170 Å². The number of piperidine rings is 1. The standard InChI is InChI=1S/C19H21Br2ClN2O/c1-25-19-15(20)9-13(10-16(19)21)12-23-14-5-6-18(17(22)11-14)24-7-3-2-4-8-24/h5-6,9-11,23H,2-4,7-8,12H2,1H3. The van der Waals surface area contributed by atoms with Crippen LogP contribution >= 0.6 is 43.5 Å². The van der Waals surface area contributed by atoms with E-state index in [2.05, 4.69) is 66.3 Å². The van der Waals surface area contributed by atoms with Gasteiger partial charge in [0.05, 0.1) is 26.8 Å². The molecule has 3 rings (SSSR count). The number of rotatable bonds is 5. The molecule has 0 spiro atoms. The van der Waals surface area contributed by atoms with E-state index >= 15 is 0 Å². The maximum Gasteiger partial charge on any atom is 0.147 e. The molecule has 0 atom stereocenters. The van der Waals surface area contributed by atoms with E-state index in [-0.39, 0.29) is 0 Å². The highest BCUT2D eigenvalue weighted by Gasteiger charge is 2.14. The van der Waals surface area contributed by atoms with Crippen molar-refractivity contribution in [1.82, 2.24) is 0 Å². The molecule has 1 fully saturated rings. The summed E-state index contributed by atoms with van der Waals surface area (Å²) in [6.45, 7) is 2.90. The smallest absolute Gasteiger partial charge is 0.147 e. The number of ether oxygens (including phenoxy) is 1. The van der Waals surface area contributed by atoms with Crippen LogP contribution in [0.3, 0.4) is 0 Å². The quantitative estimate of drug-likeness (QED) is 0.522. The van der Waals surface area contributed by atoms with E-state index in [0.717, 1.165) is 49.7 Å². The molecule has 1 saturated heterocycles. The SMILES string of the molecule is COc1c(Br)cc(CNc2ccc(N3CCCCC3)c(Cl)c2)cc1Br. The van der Waals surface area contributed by atoms with E-state index in [1.807, 2.05) is 6.07 Å². The van der Waals surface area contributed by atoms with E-state index in [9.17, 15) is 0 Å². The molecule has 1 N–H and O–H groups in total. The molecule has 0 amide bonds. The van der Waals surface area contributed by atoms with Gasteiger partial charge >= 0.3 is 0 Å². The largest absolute Gasteiger partial charge is 0.494 e. The van der Waals surface area contributed by atoms with E-state index in [1.54, 1.807) is 7.11 Å². The first kappa shape index (κ1) is 18.9. The number of anilines is 2. The van der Waals surface area contributed by atoms with Gasteiger partial charge in [-0.1, -0.05) is 11.6 Å². The fraction of sp³-hybridized carbons (Fsp3) is 0.368. The summed E-state index contributed by atoms with van der Waals surface area (Å²) >= 11 is 13.6. The number of nitrogens with zero attached hydrogens (tertiary/aromatic N) is 1. The van der Waals surface area contributed by atoms with E-state index < -0.39 is 0 Å². The van der Waals surface area contributed by atoms with Crippen molar-refractivity contribution < 1.29 is 4.74 Å². The molecule has 6 heteroatoms. The van der Waals surface area contributed by atoms with Crippen molar-refractivity contribution in [2.75, 3.05) is 30.4 Å². The van der Waals surface area contributed by atoms with Crippen LogP contribution < -0.4 is 15.0 Å². The third-order valence-electron chi connectivity index (χ3n) is 4.40. The number of benzene rings is 2. The summed E-state index contributed by atoms with van der Waals surface area (Å²) in [7, 11) is 1.66. The second-order valence-corrected chi connectivity index (χ2v) is 8.28. The minimum Gasteiger partial charge on any atom is -0.494 e. The lowest BCUT2D eigenvalue weighted by atomic mass is 10.1. The van der Waals surface area contributed by atoms with Crippen molar-refractivity contribution in [2.24, 2.45) is 0 Å². The Morgan fingerprint density at radius 1 is 1.08 bits per heavy atom. The molecule has 2 aromatic rings. The lowest BCUT2D eigenvalue weighted by Crippen LogP contribution is -2.29. The number of methoxy groups -OCH3 is 1. The third kappa shape index (κ3) is 4.63. The van der Waals surface area contributed by atoms with Gasteiger partial charge in [0, 0.05) is 25.3 Å². The van der Waals surface area contributed by atoms with Crippen LogP contribution in [-0.2, 0) is 6.54 Å². The molecule has 0 unspecified atom stereocenters. The zero-order chi connectivity index (χ0) is 17.8. The summed E-state index contributed by atoms with van der Waals surface area (Å²) in [5, 5.41) is 4.25. The molecule has 0 radical (unpaired) electrons. The van der Waals surface area contributed by atoms with E-state index in [1.165, 1.54) is 19.3 Å². The lowest BCUT2D eigenvalue weighted by molar-refractivity contribution is 0.409. The minimum atomic E-state index is 0.709. The van der Waals surface area contributed by atoms with E-state index in [4.69, 9.17) is 16.3 Å². The second-order valence-electron chi connectivity index (χ2n) is 6.16. The molecule has 0 bridgehead atoms. The topological polar surface area (TPSA) is 24.5 Å². The van der Waals surface area contributed by atoms with Crippen LogP contribution in [0.15, 0.2) is 39.3 Å². The van der Waals surface area contributed by atoms with Gasteiger partial charge in [-0.3, -0.25) is 0 Å². The summed E-state index contributed by atoms with van der Waals surface area (Å²) in [6.07, 6.45) is 3.82. The minimum absolute atomic E-state index is 0.709. The molecule has 134 valence electrons. The Morgan fingerprint density at radius 3 is 2.36 bits per heavy atom. The summed E-state index contributed by atoms with van der Waals surface area (Å²) < 4.78 is 7.20. The molecular formula is C19H21Br2ClN2O. The zero-order valence-electron chi connectivity index (χ0n) is 14.1. The average Bonchev–Trinajstić information content (AvgIpc) is 2.60. The van der Waals surface area contributed by atoms with Crippen LogP contribution in [0.25, 0.3) is 0 Å². The molecule has 0 aliphatic carbocycles. The second kappa shape index (κ2) is 8.65. The van der Waals surface area contributed by atoms with Crippen molar-refractivity contribution >= 4 is 54.8 Å². The molecule has 3 nitrogen and oxygen atoms in total. The molecular weight excluding hydrogens is 467 g/mol. The van der Waals surface area contributed by atoms with Crippen molar-refractivity contribution in [2.45, 2.75) is 25.8 Å². The summed E-state index contributed by atoms with van der Waals surface area (Å²) in [4.78, 5) is 2.38. The Bertz CT molecular complexity index is 725. The van der Waals surface area contributed by atoms with Crippen LogP contribution in [0.2, 0.25) is 5.02 Å². The number of hydrogen-bond acceptors (Lipinski definition) is 3. The van der Waals surface area contributed by atoms with Gasteiger partial charge < -0.3 is 15.0 Å². The molecule has 0 aromatic heterocycles. The normalized spacial score (nSPS) is 14.5. The lowest BCUT2D eigenvalue weighted by Gasteiger charge is -2.29. The van der Waals surface area contributed by atoms with Gasteiger partial charge in [-0.05, 0) is 87.0 Å². The zero-order valence-corrected chi connectivity index (χ0v) is 18.0. The van der Waals surface area contributed by atoms with Gasteiger partial charge in [0.25, 0.3) is 0 Å². The predicted molar refractivity (Wildman–Crippen MR) is 113 cm³/mol. The maximum atomic E-state index is 6.52. The van der Waals surface area contributed by atoms with E-state index in [0.29, 0.717) is 6.54 Å². The van der Waals surface area contributed by atoms with Gasteiger partial charge in [0.1, 0.15) is 5.75 Å². The van der Waals surface area contributed by atoms with Gasteiger partial charge in [-0.25, -0.2) is 0 Å². The molecule has 25 heavy (non-hydrogen) atoms. The highest BCUT2D eigenvalue weighted by molar-refractivity contribution is 9.11. The van der Waals surface area contributed by atoms with Gasteiger partial charge in [-0.15, -0.1) is 0 Å². The summed E-state index contributed by atoms with van der Waals surface area (Å²) in [6, 6.07) is 10.3. The molecule has 1 aliphatic rings. The highest BCUT2D eigenvalue weighted by Crippen LogP contribution is 2.35. The van der Waals surface area contributed by atoms with Gasteiger partial charge in [0.2, 0.25) is 0 Å². The highest BCUT2D eigenvalue weighted by atomic mass is 79.9. The molecule has 1 aliphatic heterocycles. The Morgan fingerprint density at radius 2 is 1.76 bits per heavy atom. The van der Waals surface area contributed by atoms with Crippen molar-refractivity contribution in [3.05, 3.63) is 49.9 Å². The predicted octanol–water partition coefficient (Wildman–Crippen LogP) is 6.48. The Hall–Kier alpha value is -0.910. The number of hydrogen-bond donors (Lipinski definition) is 1. The molecule has 1 heterocycles. The van der Waals surface area contributed by atoms with Crippen LogP contribution in [0, 0.1) is 0 Å². The monoisotopic (exact) mass is 486 g/mol. The first-order chi connectivity index (χ1) is 12.1. The summed E-state index contributed by atoms with van der Waals surface area (Å²) in [5.41, 5.74) is 3.31. The fourth-order valence-electron chi connectivity index (χ4n) is 3.12. The Balaban J connectivity index is 1.68. The van der Waals surface area contributed by atoms with Crippen molar-refractivity contribution in [1.29, 1.82) is 0 Å². The van der Waals surface area contributed by atoms with Crippen molar-refractivity contribution in [3.8, 4) is 5.75 Å². The van der Waals surface area contributed by atoms with Gasteiger partial charge in [-0.2, -0.15) is 0 Å². The fourth-order valence-corrected chi connectivity index (χ4v) is 5.03. The average molecular weight is 489 g/mol. The number of halogens is 3. The first-order valence-electron chi connectivity index (χ1n) is 8.39. The van der Waals surface area contributed by atoms with Crippen LogP contribution in [0.1, 0.15) is 24.8 Å². The first-order valence-corrected chi connectivity index (χ1v) is 10.3. The molecule has 0 saturated carbocycles. The van der Waals surface area contributed by atoms with Crippen molar-refractivity contribution in [3.63, 3.8) is 0 Å². The summed E-state index contributed by atoms with van der Waals surface area (Å²) in [5.74, 6) is 0.803. The van der Waals surface area contributed by atoms with Crippen LogP contribution in [0.4, 0.5) is 11.4 Å².